The summed E-state index contributed by atoms with van der Waals surface area (Å²) in [5.74, 6) is -0.785. The van der Waals surface area contributed by atoms with Gasteiger partial charge in [-0.25, -0.2) is 0 Å². The summed E-state index contributed by atoms with van der Waals surface area (Å²) < 4.78 is 0. The number of hydrogen-bond acceptors (Lipinski definition) is 3. The van der Waals surface area contributed by atoms with Crippen molar-refractivity contribution in [3.63, 3.8) is 0 Å². The summed E-state index contributed by atoms with van der Waals surface area (Å²) in [6.07, 6.45) is 1.44. The summed E-state index contributed by atoms with van der Waals surface area (Å²) in [6, 6.07) is 5.41. The Morgan fingerprint density at radius 1 is 1.26 bits per heavy atom. The van der Waals surface area contributed by atoms with Gasteiger partial charge in [0.15, 0.2) is 5.78 Å². The van der Waals surface area contributed by atoms with E-state index < -0.39 is 11.8 Å². The van der Waals surface area contributed by atoms with Crippen LogP contribution in [0.25, 0.3) is 0 Å². The third-order valence-corrected chi connectivity index (χ3v) is 3.85. The van der Waals surface area contributed by atoms with Crippen molar-refractivity contribution in [2.75, 3.05) is 11.4 Å². The molecule has 1 aliphatic carbocycles. The molecule has 1 unspecified atom stereocenters. The fraction of sp³-hybridized carbons (Fsp3) is 0.357. The van der Waals surface area contributed by atoms with Crippen LogP contribution in [0.15, 0.2) is 18.2 Å². The van der Waals surface area contributed by atoms with E-state index >= 15 is 0 Å². The first-order valence-corrected chi connectivity index (χ1v) is 6.32. The molecule has 1 aromatic rings. The molecule has 0 aromatic heterocycles. The fourth-order valence-electron chi connectivity index (χ4n) is 2.76. The standard InChI is InChI=1S/C14H14N2O3/c15-14(19)9-6-13(18)16(7-9)10-2-3-11-8(5-10)1-4-12(11)17/h2-3,5,9H,1,4,6-7H2,(H2,15,19). The molecule has 0 bridgehead atoms. The maximum atomic E-state index is 11.9. The summed E-state index contributed by atoms with van der Waals surface area (Å²) in [5, 5.41) is 0. The van der Waals surface area contributed by atoms with E-state index in [0.717, 1.165) is 23.2 Å². The average molecular weight is 258 g/mol. The zero-order valence-corrected chi connectivity index (χ0v) is 10.4. The van der Waals surface area contributed by atoms with Crippen molar-refractivity contribution >= 4 is 23.3 Å². The number of ketones is 1. The summed E-state index contributed by atoms with van der Waals surface area (Å²) in [6.45, 7) is 0.334. The van der Waals surface area contributed by atoms with E-state index in [1.165, 1.54) is 0 Å². The highest BCUT2D eigenvalue weighted by atomic mass is 16.2. The lowest BCUT2D eigenvalue weighted by atomic mass is 10.1. The van der Waals surface area contributed by atoms with Gasteiger partial charge in [0.25, 0.3) is 0 Å². The minimum absolute atomic E-state index is 0.0897. The van der Waals surface area contributed by atoms with Crippen molar-refractivity contribution in [1.29, 1.82) is 0 Å². The van der Waals surface area contributed by atoms with E-state index in [-0.39, 0.29) is 18.1 Å². The van der Waals surface area contributed by atoms with Crippen LogP contribution in [0, 0.1) is 5.92 Å². The molecule has 3 rings (SSSR count). The van der Waals surface area contributed by atoms with E-state index in [0.29, 0.717) is 13.0 Å². The number of amides is 2. The Balaban J connectivity index is 1.90. The summed E-state index contributed by atoms with van der Waals surface area (Å²) in [7, 11) is 0. The number of carbonyl (C=O) groups excluding carboxylic acids is 3. The van der Waals surface area contributed by atoms with E-state index in [2.05, 4.69) is 0 Å². The van der Waals surface area contributed by atoms with Crippen LogP contribution in [0.4, 0.5) is 5.69 Å². The monoisotopic (exact) mass is 258 g/mol. The van der Waals surface area contributed by atoms with Crippen LogP contribution in [-0.4, -0.2) is 24.1 Å². The lowest BCUT2D eigenvalue weighted by Gasteiger charge is -2.17. The molecule has 0 spiro atoms. The smallest absolute Gasteiger partial charge is 0.227 e. The van der Waals surface area contributed by atoms with Crippen molar-refractivity contribution in [2.45, 2.75) is 19.3 Å². The van der Waals surface area contributed by atoms with Crippen molar-refractivity contribution in [3.05, 3.63) is 29.3 Å². The van der Waals surface area contributed by atoms with Crippen molar-refractivity contribution in [2.24, 2.45) is 11.7 Å². The first-order chi connectivity index (χ1) is 9.06. The number of anilines is 1. The van der Waals surface area contributed by atoms with Crippen LogP contribution in [0.3, 0.4) is 0 Å². The van der Waals surface area contributed by atoms with Crippen molar-refractivity contribution < 1.29 is 14.4 Å². The molecule has 1 saturated heterocycles. The number of carbonyl (C=O) groups is 3. The number of nitrogens with two attached hydrogens (primary N) is 1. The molecule has 1 aromatic carbocycles. The Labute approximate surface area is 110 Å². The van der Waals surface area contributed by atoms with E-state index in [9.17, 15) is 14.4 Å². The summed E-state index contributed by atoms with van der Waals surface area (Å²) in [4.78, 5) is 36.2. The van der Waals surface area contributed by atoms with Gasteiger partial charge in [-0.1, -0.05) is 0 Å². The molecule has 2 aliphatic rings. The topological polar surface area (TPSA) is 80.5 Å². The minimum Gasteiger partial charge on any atom is -0.369 e. The second-order valence-corrected chi connectivity index (χ2v) is 5.07. The zero-order chi connectivity index (χ0) is 13.6. The van der Waals surface area contributed by atoms with Gasteiger partial charge in [0, 0.05) is 30.6 Å². The Morgan fingerprint density at radius 3 is 2.74 bits per heavy atom. The average Bonchev–Trinajstić information content (AvgIpc) is 2.93. The molecule has 0 saturated carbocycles. The lowest BCUT2D eigenvalue weighted by molar-refractivity contribution is -0.123. The molecule has 5 heteroatoms. The second-order valence-electron chi connectivity index (χ2n) is 5.07. The molecular weight excluding hydrogens is 244 g/mol. The third kappa shape index (κ3) is 1.91. The van der Waals surface area contributed by atoms with E-state index in [1.54, 1.807) is 17.0 Å². The molecule has 1 aliphatic heterocycles. The van der Waals surface area contributed by atoms with Gasteiger partial charge in [0.05, 0.1) is 5.92 Å². The molecule has 2 N–H and O–H groups in total. The van der Waals surface area contributed by atoms with Crippen LogP contribution in [0.1, 0.15) is 28.8 Å². The Hall–Kier alpha value is -2.17. The Morgan fingerprint density at radius 2 is 2.05 bits per heavy atom. The number of hydrogen-bond donors (Lipinski definition) is 1. The van der Waals surface area contributed by atoms with Gasteiger partial charge in [-0.2, -0.15) is 0 Å². The van der Waals surface area contributed by atoms with Gasteiger partial charge >= 0.3 is 0 Å². The maximum absolute atomic E-state index is 11.9. The van der Waals surface area contributed by atoms with Gasteiger partial charge in [-0.3, -0.25) is 14.4 Å². The Bertz CT molecular complexity index is 594. The number of rotatable bonds is 2. The van der Waals surface area contributed by atoms with Crippen molar-refractivity contribution in [3.8, 4) is 0 Å². The number of benzene rings is 1. The van der Waals surface area contributed by atoms with E-state index in [4.69, 9.17) is 5.73 Å². The predicted molar refractivity (Wildman–Crippen MR) is 68.7 cm³/mol. The minimum atomic E-state index is -0.438. The highest BCUT2D eigenvalue weighted by molar-refractivity contribution is 6.03. The molecule has 5 nitrogen and oxygen atoms in total. The van der Waals surface area contributed by atoms with Crippen LogP contribution in [-0.2, 0) is 16.0 Å². The van der Waals surface area contributed by atoms with Gasteiger partial charge in [-0.05, 0) is 30.2 Å². The molecule has 0 radical (unpaired) electrons. The first-order valence-electron chi connectivity index (χ1n) is 6.32. The first kappa shape index (κ1) is 11.9. The maximum Gasteiger partial charge on any atom is 0.227 e. The number of nitrogens with zero attached hydrogens (tertiary/aromatic N) is 1. The molecule has 19 heavy (non-hydrogen) atoms. The van der Waals surface area contributed by atoms with Crippen LogP contribution >= 0.6 is 0 Å². The van der Waals surface area contributed by atoms with Crippen molar-refractivity contribution in [1.82, 2.24) is 0 Å². The summed E-state index contributed by atoms with van der Waals surface area (Å²) in [5.41, 5.74) is 7.73. The Kier molecular flexibility index (Phi) is 2.62. The molecule has 1 heterocycles. The molecular formula is C14H14N2O3. The highest BCUT2D eigenvalue weighted by Crippen LogP contribution is 2.30. The van der Waals surface area contributed by atoms with Crippen LogP contribution in [0.5, 0.6) is 0 Å². The lowest BCUT2D eigenvalue weighted by Crippen LogP contribution is -2.28. The fourth-order valence-corrected chi connectivity index (χ4v) is 2.76. The normalized spacial score (nSPS) is 21.9. The van der Waals surface area contributed by atoms with Crippen LogP contribution in [0.2, 0.25) is 0 Å². The van der Waals surface area contributed by atoms with Gasteiger partial charge in [-0.15, -0.1) is 0 Å². The number of fused-ring (bicyclic) bond motifs is 1. The quantitative estimate of drug-likeness (QED) is 0.845. The third-order valence-electron chi connectivity index (χ3n) is 3.85. The second kappa shape index (κ2) is 4.19. The van der Waals surface area contributed by atoms with Gasteiger partial charge in [0.2, 0.25) is 11.8 Å². The number of aryl methyl sites for hydroxylation is 1. The number of primary amides is 1. The van der Waals surface area contributed by atoms with E-state index in [1.807, 2.05) is 6.07 Å². The SMILES string of the molecule is NC(=O)C1CC(=O)N(c2ccc3c(c2)CCC3=O)C1. The predicted octanol–water partition coefficient (Wildman–Crippen LogP) is 0.654. The van der Waals surface area contributed by atoms with Crippen LogP contribution < -0.4 is 10.6 Å². The molecule has 1 atom stereocenters. The van der Waals surface area contributed by atoms with Gasteiger partial charge < -0.3 is 10.6 Å². The largest absolute Gasteiger partial charge is 0.369 e. The molecule has 1 fully saturated rings. The highest BCUT2D eigenvalue weighted by Gasteiger charge is 2.34. The zero-order valence-electron chi connectivity index (χ0n) is 10.4. The molecule has 98 valence electrons. The number of Topliss-reactive ketones (excluding diaryl/α,β-unsaturated/α-hetero) is 1. The van der Waals surface area contributed by atoms with Gasteiger partial charge in [0.1, 0.15) is 0 Å². The molecule has 2 amide bonds. The summed E-state index contributed by atoms with van der Waals surface area (Å²) >= 11 is 0.